The normalized spacial score (nSPS) is 26.5. The van der Waals surface area contributed by atoms with Crippen LogP contribution in [-0.2, 0) is 0 Å². The molecular weight excluding hydrogens is 184 g/mol. The predicted molar refractivity (Wildman–Crippen MR) is 65.8 cm³/mol. The molecule has 1 fully saturated rings. The first-order valence-corrected chi connectivity index (χ1v) is 6.56. The molecule has 0 saturated heterocycles. The number of unbranched alkanes of at least 4 members (excludes halogenated alkanes) is 2. The van der Waals surface area contributed by atoms with E-state index in [-0.39, 0.29) is 6.61 Å². The summed E-state index contributed by atoms with van der Waals surface area (Å²) in [7, 11) is 0. The van der Waals surface area contributed by atoms with Crippen molar-refractivity contribution in [3.8, 4) is 0 Å². The fourth-order valence-corrected chi connectivity index (χ4v) is 2.67. The SMILES string of the molecule is C=C(CO)C1CCC(CCCCC)CC1. The Balaban J connectivity index is 2.15. The minimum atomic E-state index is 0.186. The fraction of sp³-hybridized carbons (Fsp3) is 0.857. The molecule has 1 nitrogen and oxygen atoms in total. The zero-order valence-electron chi connectivity index (χ0n) is 10.2. The molecule has 0 aromatic carbocycles. The molecule has 0 aromatic heterocycles. The van der Waals surface area contributed by atoms with Gasteiger partial charge in [0.05, 0.1) is 6.61 Å². The molecule has 0 bridgehead atoms. The molecule has 0 aliphatic heterocycles. The van der Waals surface area contributed by atoms with E-state index in [4.69, 9.17) is 5.11 Å². The van der Waals surface area contributed by atoms with Crippen molar-refractivity contribution in [3.05, 3.63) is 12.2 Å². The van der Waals surface area contributed by atoms with Gasteiger partial charge in [0.1, 0.15) is 0 Å². The van der Waals surface area contributed by atoms with Crippen LogP contribution in [0.15, 0.2) is 12.2 Å². The second-order valence-electron chi connectivity index (χ2n) is 5.03. The van der Waals surface area contributed by atoms with Crippen LogP contribution in [0.3, 0.4) is 0 Å². The first-order valence-electron chi connectivity index (χ1n) is 6.56. The summed E-state index contributed by atoms with van der Waals surface area (Å²) in [5.74, 6) is 1.57. The van der Waals surface area contributed by atoms with Crippen molar-refractivity contribution in [3.63, 3.8) is 0 Å². The van der Waals surface area contributed by atoms with Crippen LogP contribution in [0.1, 0.15) is 58.3 Å². The fourth-order valence-electron chi connectivity index (χ4n) is 2.67. The van der Waals surface area contributed by atoms with Gasteiger partial charge in [0.25, 0.3) is 0 Å². The van der Waals surface area contributed by atoms with Gasteiger partial charge in [-0.1, -0.05) is 39.2 Å². The number of rotatable bonds is 6. The molecule has 1 aliphatic rings. The van der Waals surface area contributed by atoms with E-state index in [0.717, 1.165) is 11.5 Å². The molecule has 0 atom stereocenters. The number of hydrogen-bond acceptors (Lipinski definition) is 1. The van der Waals surface area contributed by atoms with Gasteiger partial charge in [0.15, 0.2) is 0 Å². The molecule has 0 radical (unpaired) electrons. The van der Waals surface area contributed by atoms with Gasteiger partial charge in [-0.05, 0) is 43.1 Å². The highest BCUT2D eigenvalue weighted by Gasteiger charge is 2.21. The van der Waals surface area contributed by atoms with Gasteiger partial charge in [-0.15, -0.1) is 0 Å². The lowest BCUT2D eigenvalue weighted by Gasteiger charge is -2.29. The molecule has 1 rings (SSSR count). The van der Waals surface area contributed by atoms with Gasteiger partial charge >= 0.3 is 0 Å². The van der Waals surface area contributed by atoms with Crippen molar-refractivity contribution < 1.29 is 5.11 Å². The van der Waals surface area contributed by atoms with Crippen LogP contribution < -0.4 is 0 Å². The topological polar surface area (TPSA) is 20.2 Å². The van der Waals surface area contributed by atoms with Gasteiger partial charge in [-0.3, -0.25) is 0 Å². The number of aliphatic hydroxyl groups is 1. The summed E-state index contributed by atoms with van der Waals surface area (Å²) in [4.78, 5) is 0. The Morgan fingerprint density at radius 2 is 1.87 bits per heavy atom. The highest BCUT2D eigenvalue weighted by molar-refractivity contribution is 5.01. The smallest absolute Gasteiger partial charge is 0.0641 e. The van der Waals surface area contributed by atoms with E-state index in [9.17, 15) is 0 Å². The maximum Gasteiger partial charge on any atom is 0.0641 e. The summed E-state index contributed by atoms with van der Waals surface area (Å²) >= 11 is 0. The monoisotopic (exact) mass is 210 g/mol. The van der Waals surface area contributed by atoms with Crippen molar-refractivity contribution in [1.82, 2.24) is 0 Å². The first kappa shape index (κ1) is 12.8. The standard InChI is InChI=1S/C14H26O/c1-3-4-5-6-13-7-9-14(10-8-13)12(2)11-15/h13-15H,2-11H2,1H3. The molecule has 0 heterocycles. The van der Waals surface area contributed by atoms with E-state index in [1.807, 2.05) is 0 Å². The predicted octanol–water partition coefficient (Wildman–Crippen LogP) is 3.92. The second kappa shape index (κ2) is 7.05. The van der Waals surface area contributed by atoms with Gasteiger partial charge in [-0.25, -0.2) is 0 Å². The third-order valence-electron chi connectivity index (χ3n) is 3.84. The van der Waals surface area contributed by atoms with Crippen LogP contribution in [0.5, 0.6) is 0 Å². The van der Waals surface area contributed by atoms with Crippen molar-refractivity contribution >= 4 is 0 Å². The van der Waals surface area contributed by atoms with Crippen LogP contribution in [0.4, 0.5) is 0 Å². The third-order valence-corrected chi connectivity index (χ3v) is 3.84. The van der Waals surface area contributed by atoms with E-state index in [0.29, 0.717) is 5.92 Å². The van der Waals surface area contributed by atoms with E-state index < -0.39 is 0 Å². The van der Waals surface area contributed by atoms with Crippen molar-refractivity contribution in [2.24, 2.45) is 11.8 Å². The lowest BCUT2D eigenvalue weighted by molar-refractivity contribution is 0.252. The van der Waals surface area contributed by atoms with E-state index >= 15 is 0 Å². The zero-order valence-corrected chi connectivity index (χ0v) is 10.2. The van der Waals surface area contributed by atoms with Gasteiger partial charge < -0.3 is 5.11 Å². The van der Waals surface area contributed by atoms with Gasteiger partial charge in [-0.2, -0.15) is 0 Å². The Morgan fingerprint density at radius 1 is 1.20 bits per heavy atom. The van der Waals surface area contributed by atoms with Crippen molar-refractivity contribution in [2.75, 3.05) is 6.61 Å². The molecule has 1 heteroatoms. The average Bonchev–Trinajstić information content (AvgIpc) is 2.29. The largest absolute Gasteiger partial charge is 0.392 e. The summed E-state index contributed by atoms with van der Waals surface area (Å²) in [5.41, 5.74) is 1.06. The quantitative estimate of drug-likeness (QED) is 0.520. The summed E-state index contributed by atoms with van der Waals surface area (Å²) < 4.78 is 0. The third kappa shape index (κ3) is 4.38. The Morgan fingerprint density at radius 3 is 2.40 bits per heavy atom. The summed E-state index contributed by atoms with van der Waals surface area (Å²) in [6, 6.07) is 0. The lowest BCUT2D eigenvalue weighted by atomic mass is 9.77. The average molecular weight is 210 g/mol. The molecule has 1 saturated carbocycles. The van der Waals surface area contributed by atoms with Crippen LogP contribution >= 0.6 is 0 Å². The Labute approximate surface area is 94.6 Å². The Hall–Kier alpha value is -0.300. The molecule has 15 heavy (non-hydrogen) atoms. The van der Waals surface area contributed by atoms with Crippen LogP contribution in [0.25, 0.3) is 0 Å². The highest BCUT2D eigenvalue weighted by atomic mass is 16.3. The van der Waals surface area contributed by atoms with Crippen molar-refractivity contribution in [2.45, 2.75) is 58.3 Å². The summed E-state index contributed by atoms with van der Waals surface area (Å²) in [5, 5.41) is 9.03. The van der Waals surface area contributed by atoms with E-state index in [1.165, 1.54) is 51.4 Å². The van der Waals surface area contributed by atoms with Crippen molar-refractivity contribution in [1.29, 1.82) is 0 Å². The number of aliphatic hydroxyl groups excluding tert-OH is 1. The van der Waals surface area contributed by atoms with Crippen LogP contribution in [0, 0.1) is 11.8 Å². The maximum absolute atomic E-state index is 9.03. The van der Waals surface area contributed by atoms with E-state index in [2.05, 4.69) is 13.5 Å². The van der Waals surface area contributed by atoms with Crippen LogP contribution in [0.2, 0.25) is 0 Å². The molecule has 88 valence electrons. The molecule has 0 amide bonds. The lowest BCUT2D eigenvalue weighted by Crippen LogP contribution is -2.17. The number of hydrogen-bond donors (Lipinski definition) is 1. The summed E-state index contributed by atoms with van der Waals surface area (Å²) in [6.07, 6.45) is 10.8. The van der Waals surface area contributed by atoms with E-state index in [1.54, 1.807) is 0 Å². The van der Waals surface area contributed by atoms with Gasteiger partial charge in [0, 0.05) is 0 Å². The molecule has 1 N–H and O–H groups in total. The molecular formula is C14H26O. The second-order valence-corrected chi connectivity index (χ2v) is 5.03. The minimum Gasteiger partial charge on any atom is -0.392 e. The molecule has 1 aliphatic carbocycles. The highest BCUT2D eigenvalue weighted by Crippen LogP contribution is 2.34. The maximum atomic E-state index is 9.03. The molecule has 0 spiro atoms. The Kier molecular flexibility index (Phi) is 6.00. The van der Waals surface area contributed by atoms with Gasteiger partial charge in [0.2, 0.25) is 0 Å². The molecule has 0 unspecified atom stereocenters. The zero-order chi connectivity index (χ0) is 11.1. The molecule has 0 aromatic rings. The van der Waals surface area contributed by atoms with Crippen LogP contribution in [-0.4, -0.2) is 11.7 Å². The first-order chi connectivity index (χ1) is 7.27. The Bertz CT molecular complexity index is 178. The minimum absolute atomic E-state index is 0.186. The summed E-state index contributed by atoms with van der Waals surface area (Å²) in [6.45, 7) is 6.40.